The van der Waals surface area contributed by atoms with Crippen LogP contribution >= 0.6 is 58.0 Å². The number of hydrogen-bond donors (Lipinski definition) is 9. The summed E-state index contributed by atoms with van der Waals surface area (Å²) < 4.78 is 101. The lowest BCUT2D eigenvalue weighted by Gasteiger charge is -2.29. The number of fused-ring (bicyclic) bond motifs is 6. The van der Waals surface area contributed by atoms with Gasteiger partial charge in [-0.15, -0.1) is 0 Å². The number of alkyl halides is 7. The Balaban J connectivity index is 0.000000156. The number of nitrogen functional groups attached to an aromatic ring is 3. The molecule has 11 aromatic heterocycles. The summed E-state index contributed by atoms with van der Waals surface area (Å²) in [7, 11) is -2.00. The lowest BCUT2D eigenvalue weighted by molar-refractivity contribution is -0.213. The third-order valence-electron chi connectivity index (χ3n) is 20.4. The number of aromatic amines is 2. The highest BCUT2D eigenvalue weighted by atomic mass is 35.5. The van der Waals surface area contributed by atoms with Gasteiger partial charge in [0.15, 0.2) is 49.6 Å². The Kier molecular flexibility index (Phi) is 32.4. The van der Waals surface area contributed by atoms with E-state index in [-0.39, 0.29) is 38.8 Å². The third-order valence-corrected chi connectivity index (χ3v) is 26.8. The summed E-state index contributed by atoms with van der Waals surface area (Å²) in [4.78, 5) is 118. The van der Waals surface area contributed by atoms with Crippen LogP contribution in [-0.4, -0.2) is 186 Å². The minimum absolute atomic E-state index is 0.130. The molecule has 2 amide bonds. The van der Waals surface area contributed by atoms with E-state index < -0.39 is 70.8 Å². The van der Waals surface area contributed by atoms with E-state index in [0.29, 0.717) is 115 Å². The van der Waals surface area contributed by atoms with E-state index >= 15 is 0 Å². The van der Waals surface area contributed by atoms with E-state index in [1.807, 2.05) is 11.4 Å². The molecule has 48 heteroatoms. The van der Waals surface area contributed by atoms with E-state index in [1.54, 1.807) is 5.32 Å². The van der Waals surface area contributed by atoms with Crippen molar-refractivity contribution < 1.29 is 60.0 Å². The molecule has 12 N–H and O–H groups in total. The Hall–Kier alpha value is -9.42. The molecule has 126 heavy (non-hydrogen) atoms. The molecule has 18 rings (SSSR count). The zero-order valence-corrected chi connectivity index (χ0v) is 78.2. The largest absolute Gasteiger partial charge is 0.430 e. The van der Waals surface area contributed by atoms with E-state index in [0.717, 1.165) is 130 Å². The number of hydrogen-bond acceptors (Lipinski definition) is 26. The van der Waals surface area contributed by atoms with Crippen molar-refractivity contribution in [1.29, 1.82) is 0 Å². The molecule has 11 aromatic rings. The van der Waals surface area contributed by atoms with Crippen LogP contribution in [-0.2, 0) is 43.8 Å². The molecule has 7 aliphatic rings. The minimum Gasteiger partial charge on any atom is -0.400 e. The summed E-state index contributed by atoms with van der Waals surface area (Å²) in [6.45, 7) is 26.0. The Morgan fingerprint density at radius 3 is 1.48 bits per heavy atom. The number of nitrogens with one attached hydrogen (secondary N) is 5. The van der Waals surface area contributed by atoms with Crippen molar-refractivity contribution in [3.8, 4) is 0 Å². The number of pyridine rings is 2. The number of aromatic nitrogens is 19. The first-order valence-electron chi connectivity index (χ1n) is 40.3. The summed E-state index contributed by atoms with van der Waals surface area (Å²) in [6, 6.07) is 10.4. The fourth-order valence-corrected chi connectivity index (χ4v) is 15.2. The maximum Gasteiger partial charge on any atom is 0.430 e. The summed E-state index contributed by atoms with van der Waals surface area (Å²) in [5.41, 5.74) is 14.2. The first kappa shape index (κ1) is 98.8. The first-order chi connectivity index (χ1) is 59.3. The molecule has 5 aliphatic carbocycles. The van der Waals surface area contributed by atoms with Gasteiger partial charge in [-0.25, -0.2) is 64.8 Å². The van der Waals surface area contributed by atoms with E-state index in [2.05, 4.69) is 148 Å². The number of anilines is 5. The maximum atomic E-state index is 13.6. The number of H-pyrrole nitrogens is 2. The van der Waals surface area contributed by atoms with Gasteiger partial charge >= 0.3 is 12.4 Å². The first-order valence-corrected chi connectivity index (χ1v) is 53.5. The molecule has 0 radical (unpaired) electrons. The molecule has 13 heterocycles. The molecule has 5 saturated carbocycles. The van der Waals surface area contributed by atoms with Crippen LogP contribution in [0.1, 0.15) is 146 Å². The van der Waals surface area contributed by atoms with Gasteiger partial charge < -0.3 is 67.2 Å². The number of imidazole rings is 3. The molecule has 5 fully saturated rings. The SMILES string of the molecule is CC1(C(F)(F)F)NC(=O)c2ccc(Cl)c(=O)n21.CC1(C(F)(F)F)NC(=O)c2ccc(Nc3ncnc4[nH]c(C5CC5)cc34)c(=O)n21.CO.C[Si](C)(C)CCOCCl.C[Si](C)(C)CCOCn1c(C2CC2)nc2c(Cl)ncnc21.C[Si](C)(C)CCOCn1c(C2CC2)nc2c(N)ncnc21.Clc1ncnc2nc(C3CC3)[nH]c12.Nc1ncnc(Cl)c1N.O=CC1CC1. The molecule has 2 aliphatic heterocycles. The zero-order valence-electron chi connectivity index (χ0n) is 71.4. The van der Waals surface area contributed by atoms with Crippen LogP contribution in [0.5, 0.6) is 0 Å². The zero-order chi connectivity index (χ0) is 92.3. The van der Waals surface area contributed by atoms with Gasteiger partial charge in [0.1, 0.15) is 125 Å². The second-order valence-electron chi connectivity index (χ2n) is 34.5. The van der Waals surface area contributed by atoms with Crippen LogP contribution in [0.15, 0.2) is 71.6 Å². The van der Waals surface area contributed by atoms with Crippen LogP contribution in [0.3, 0.4) is 0 Å². The summed E-state index contributed by atoms with van der Waals surface area (Å²) in [5, 5.41) is 14.7. The van der Waals surface area contributed by atoms with Gasteiger partial charge in [-0.1, -0.05) is 117 Å². The van der Waals surface area contributed by atoms with E-state index in [4.69, 9.17) is 94.5 Å². The Labute approximate surface area is 747 Å². The number of halogens is 11. The molecular formula is C78H102Cl5F6N25O9Si3. The van der Waals surface area contributed by atoms with Gasteiger partial charge in [0, 0.05) is 80.5 Å². The number of nitrogens with two attached hydrogens (primary N) is 3. The van der Waals surface area contributed by atoms with Crippen molar-refractivity contribution in [2.24, 2.45) is 5.92 Å². The van der Waals surface area contributed by atoms with Crippen LogP contribution in [0.25, 0.3) is 44.5 Å². The molecule has 0 bridgehead atoms. The van der Waals surface area contributed by atoms with E-state index in [9.17, 15) is 50.3 Å². The highest BCUT2D eigenvalue weighted by Gasteiger charge is 2.60. The van der Waals surface area contributed by atoms with Crippen molar-refractivity contribution in [3.05, 3.63) is 138 Å². The van der Waals surface area contributed by atoms with Crippen molar-refractivity contribution in [3.63, 3.8) is 0 Å². The highest BCUT2D eigenvalue weighted by molar-refractivity contribution is 6.76. The van der Waals surface area contributed by atoms with Crippen LogP contribution < -0.4 is 44.3 Å². The molecule has 2 unspecified atom stereocenters. The maximum absolute atomic E-state index is 13.6. The van der Waals surface area contributed by atoms with Gasteiger partial charge in [0.05, 0.1) is 5.39 Å². The van der Waals surface area contributed by atoms with Crippen molar-refractivity contribution in [1.82, 2.24) is 104 Å². The van der Waals surface area contributed by atoms with Gasteiger partial charge in [0.2, 0.25) is 11.3 Å². The third kappa shape index (κ3) is 25.3. The number of rotatable bonds is 21. The number of carbonyl (C=O) groups is 3. The second-order valence-corrected chi connectivity index (χ2v) is 53.0. The normalized spacial score (nSPS) is 17.5. The van der Waals surface area contributed by atoms with Crippen molar-refractivity contribution in [2.75, 3.05) is 55.5 Å². The number of ether oxygens (including phenoxy) is 3. The van der Waals surface area contributed by atoms with Crippen molar-refractivity contribution in [2.45, 2.75) is 216 Å². The summed E-state index contributed by atoms with van der Waals surface area (Å²) in [5.74, 6) is 4.65. The van der Waals surface area contributed by atoms with Crippen LogP contribution in [0, 0.1) is 5.92 Å². The number of aliphatic hydroxyl groups is 1. The van der Waals surface area contributed by atoms with Gasteiger partial charge in [-0.3, -0.25) is 37.4 Å². The Morgan fingerprint density at radius 2 is 1.01 bits per heavy atom. The number of aldehydes is 1. The fraction of sp³-hybridized carbons (Fsp3) is 0.513. The Morgan fingerprint density at radius 1 is 0.548 bits per heavy atom. The smallest absolute Gasteiger partial charge is 0.400 e. The lowest BCUT2D eigenvalue weighted by Crippen LogP contribution is -2.55. The monoisotopic (exact) mass is 1910 g/mol. The molecule has 0 spiro atoms. The molecular weight excluding hydrogens is 1810 g/mol. The number of carbonyl (C=O) groups excluding carboxylic acids is 3. The molecule has 34 nitrogen and oxygen atoms in total. The van der Waals surface area contributed by atoms with Crippen LogP contribution in [0.2, 0.25) is 97.5 Å². The van der Waals surface area contributed by atoms with Gasteiger partial charge in [-0.2, -0.15) is 26.3 Å². The molecule has 682 valence electrons. The average molecular weight is 1910 g/mol. The number of nitrogens with zero attached hydrogens (tertiary/aromatic N) is 17. The summed E-state index contributed by atoms with van der Waals surface area (Å²) >= 11 is 28.3. The second kappa shape index (κ2) is 41.3. The minimum atomic E-state index is -4.86. The van der Waals surface area contributed by atoms with Crippen molar-refractivity contribution >= 4 is 174 Å². The summed E-state index contributed by atoms with van der Waals surface area (Å²) in [6.07, 6.45) is 9.94. The predicted octanol–water partition coefficient (Wildman–Crippen LogP) is 15.4. The Bertz CT molecular complexity index is 5660. The van der Waals surface area contributed by atoms with Gasteiger partial charge in [0.25, 0.3) is 22.9 Å². The average Bonchev–Trinajstić information content (AvgIpc) is 1.58. The fourth-order valence-electron chi connectivity index (χ4n) is 12.2. The van der Waals surface area contributed by atoms with Crippen LogP contribution in [0.4, 0.5) is 55.2 Å². The lowest BCUT2D eigenvalue weighted by atomic mass is 10.2. The molecule has 2 atom stereocenters. The topological polar surface area (TPSA) is 466 Å². The quantitative estimate of drug-likeness (QED) is 0.00805. The number of aliphatic hydroxyl groups excluding tert-OH is 1. The predicted molar refractivity (Wildman–Crippen MR) is 478 cm³/mol. The van der Waals surface area contributed by atoms with E-state index in [1.165, 1.54) is 88.3 Å². The number of amides is 2. The van der Waals surface area contributed by atoms with Gasteiger partial charge in [-0.05, 0) is 132 Å². The molecule has 0 aromatic carbocycles. The highest BCUT2D eigenvalue weighted by Crippen LogP contribution is 2.45. The standard InChI is InChI=1S/C18H15F3N6O2.C14H21ClN4OSi.C14H23N5OSi.C9H6ClF3N2O2.C8H7ClN4.C6H15ClOSi.C4H5ClN4.C4H6O.CH4O/c1-17(18(19,20)21)26-15(28)12-5-4-10(16(29)27(12)17)24-13-9-6-11(8-2-3-8)25-14(9)23-7-22-13;2*1-21(2,3)7-6-20-9-19-13(10-4-5-10)18-11-12(15)16-8-17-14(11)19;1-8(9(11,12)13)14-6(16)5-3-2-4(10)7(17)15(5)8;9-6-5-8(11-3-10-6)13-7(12-5)4-1-2-4;1-9(2,3)5-4-8-6-7;5-3-2(6)4(7)9-1-8-3;5-3-4-1-2-4;1-2/h4-8H,2-3H2,1H3,(H,26,28)(H2,22,23,24,25);8,10H,4-7,9H2,1-3H3;8,10H,4-7,9H2,1-3H3,(H2,15,16,17);2-3H,1H3,(H,14,16);3-4H,1-2H2,(H,10,11,12,13);4-6H2,1-3H3;1H,6H2,(H2,7,8,9);3-4H,1-2H2;2H,1H3. The molecule has 0 saturated heterocycles.